The normalized spacial score (nSPS) is 17.0. The lowest BCUT2D eigenvalue weighted by Crippen LogP contribution is -2.37. The van der Waals surface area contributed by atoms with E-state index in [-0.39, 0.29) is 5.54 Å². The van der Waals surface area contributed by atoms with Crippen LogP contribution in [0.5, 0.6) is 0 Å². The largest absolute Gasteiger partial charge is 0.317 e. The van der Waals surface area contributed by atoms with Crippen molar-refractivity contribution in [3.05, 3.63) is 0 Å². The van der Waals surface area contributed by atoms with Crippen LogP contribution in [-0.2, 0) is 0 Å². The minimum absolute atomic E-state index is 0.270. The fourth-order valence-corrected chi connectivity index (χ4v) is 1.72. The summed E-state index contributed by atoms with van der Waals surface area (Å²) < 4.78 is 0. The van der Waals surface area contributed by atoms with Crippen LogP contribution < -0.4 is 10.6 Å². The molecule has 0 aromatic rings. The highest BCUT2D eigenvalue weighted by molar-refractivity contribution is 4.73. The summed E-state index contributed by atoms with van der Waals surface area (Å²) in [6.07, 6.45) is 7.05. The standard InChI is InChI=1S/C13H28N2/c1-13(2,3)15-11-5-10-14-9-4-6-12-7-8-12/h12,14-15H,4-11H2,1-3H3. The molecule has 0 radical (unpaired) electrons. The van der Waals surface area contributed by atoms with Gasteiger partial charge in [0.1, 0.15) is 0 Å². The average molecular weight is 212 g/mol. The zero-order chi connectivity index (χ0) is 11.1. The average Bonchev–Trinajstić information content (AvgIpc) is 2.91. The molecule has 0 unspecified atom stereocenters. The lowest BCUT2D eigenvalue weighted by Gasteiger charge is -2.20. The van der Waals surface area contributed by atoms with Crippen LogP contribution in [0.1, 0.15) is 52.9 Å². The first-order chi connectivity index (χ1) is 7.08. The summed E-state index contributed by atoms with van der Waals surface area (Å²) in [5.74, 6) is 1.09. The van der Waals surface area contributed by atoms with Gasteiger partial charge in [-0.2, -0.15) is 0 Å². The van der Waals surface area contributed by atoms with Crippen LogP contribution in [0.4, 0.5) is 0 Å². The molecule has 1 aliphatic rings. The van der Waals surface area contributed by atoms with Gasteiger partial charge in [0.25, 0.3) is 0 Å². The highest BCUT2D eigenvalue weighted by Crippen LogP contribution is 2.33. The van der Waals surface area contributed by atoms with Crippen LogP contribution in [-0.4, -0.2) is 25.2 Å². The van der Waals surface area contributed by atoms with Crippen molar-refractivity contribution in [1.29, 1.82) is 0 Å². The Bertz CT molecular complexity index is 156. The molecular weight excluding hydrogens is 184 g/mol. The Balaban J connectivity index is 1.72. The van der Waals surface area contributed by atoms with Gasteiger partial charge in [-0.25, -0.2) is 0 Å². The molecule has 0 saturated heterocycles. The summed E-state index contributed by atoms with van der Waals surface area (Å²) in [7, 11) is 0. The van der Waals surface area contributed by atoms with Gasteiger partial charge in [0.15, 0.2) is 0 Å². The van der Waals surface area contributed by atoms with Crippen LogP contribution in [0.15, 0.2) is 0 Å². The maximum atomic E-state index is 3.51. The predicted molar refractivity (Wildman–Crippen MR) is 67.2 cm³/mol. The molecule has 1 rings (SSSR count). The molecule has 0 amide bonds. The first-order valence-corrected chi connectivity index (χ1v) is 6.54. The molecule has 2 heteroatoms. The van der Waals surface area contributed by atoms with Crippen LogP contribution in [0.3, 0.4) is 0 Å². The minimum atomic E-state index is 0.270. The first-order valence-electron chi connectivity index (χ1n) is 6.54. The lowest BCUT2D eigenvalue weighted by atomic mass is 10.1. The molecule has 0 aromatic carbocycles. The van der Waals surface area contributed by atoms with Gasteiger partial charge in [0.2, 0.25) is 0 Å². The third-order valence-corrected chi connectivity index (χ3v) is 2.85. The monoisotopic (exact) mass is 212 g/mol. The maximum Gasteiger partial charge on any atom is 0.00965 e. The van der Waals surface area contributed by atoms with Crippen molar-refractivity contribution in [3.8, 4) is 0 Å². The van der Waals surface area contributed by atoms with Gasteiger partial charge in [0.05, 0.1) is 0 Å². The summed E-state index contributed by atoms with van der Waals surface area (Å²) in [5.41, 5.74) is 0.270. The van der Waals surface area contributed by atoms with Gasteiger partial charge in [-0.15, -0.1) is 0 Å². The quantitative estimate of drug-likeness (QED) is 0.604. The second-order valence-corrected chi connectivity index (χ2v) is 5.87. The molecule has 0 spiro atoms. The summed E-state index contributed by atoms with van der Waals surface area (Å²) in [4.78, 5) is 0. The van der Waals surface area contributed by atoms with Crippen molar-refractivity contribution in [1.82, 2.24) is 10.6 Å². The Morgan fingerprint density at radius 1 is 1.00 bits per heavy atom. The number of rotatable bonds is 8. The molecule has 1 fully saturated rings. The van der Waals surface area contributed by atoms with Crippen molar-refractivity contribution < 1.29 is 0 Å². The molecule has 15 heavy (non-hydrogen) atoms. The van der Waals surface area contributed by atoms with E-state index in [0.29, 0.717) is 0 Å². The molecule has 0 bridgehead atoms. The van der Waals surface area contributed by atoms with E-state index in [0.717, 1.165) is 19.0 Å². The Hall–Kier alpha value is -0.0800. The Kier molecular flexibility index (Phi) is 5.62. The Morgan fingerprint density at radius 2 is 1.67 bits per heavy atom. The third kappa shape index (κ3) is 8.88. The SMILES string of the molecule is CC(C)(C)NCCCNCCCC1CC1. The van der Waals surface area contributed by atoms with E-state index in [1.807, 2.05) is 0 Å². The van der Waals surface area contributed by atoms with E-state index in [1.165, 1.54) is 38.6 Å². The van der Waals surface area contributed by atoms with Crippen LogP contribution >= 0.6 is 0 Å². The van der Waals surface area contributed by atoms with E-state index in [4.69, 9.17) is 0 Å². The highest BCUT2D eigenvalue weighted by Gasteiger charge is 2.19. The second kappa shape index (κ2) is 6.49. The van der Waals surface area contributed by atoms with Crippen LogP contribution in [0.2, 0.25) is 0 Å². The second-order valence-electron chi connectivity index (χ2n) is 5.87. The van der Waals surface area contributed by atoms with Crippen molar-refractivity contribution in [2.75, 3.05) is 19.6 Å². The number of hydrogen-bond donors (Lipinski definition) is 2. The highest BCUT2D eigenvalue weighted by atomic mass is 14.9. The van der Waals surface area contributed by atoms with Crippen LogP contribution in [0, 0.1) is 5.92 Å². The fourth-order valence-electron chi connectivity index (χ4n) is 1.72. The van der Waals surface area contributed by atoms with Crippen molar-refractivity contribution in [2.24, 2.45) is 5.92 Å². The molecule has 0 aliphatic heterocycles. The van der Waals surface area contributed by atoms with Gasteiger partial charge in [-0.05, 0) is 65.6 Å². The molecule has 1 saturated carbocycles. The molecule has 0 heterocycles. The predicted octanol–water partition coefficient (Wildman–Crippen LogP) is 2.54. The molecule has 0 aromatic heterocycles. The molecule has 90 valence electrons. The van der Waals surface area contributed by atoms with Gasteiger partial charge < -0.3 is 10.6 Å². The smallest absolute Gasteiger partial charge is 0.00965 e. The summed E-state index contributed by atoms with van der Waals surface area (Å²) in [6.45, 7) is 10.2. The third-order valence-electron chi connectivity index (χ3n) is 2.85. The summed E-state index contributed by atoms with van der Waals surface area (Å²) >= 11 is 0. The van der Waals surface area contributed by atoms with Gasteiger partial charge >= 0.3 is 0 Å². The van der Waals surface area contributed by atoms with E-state index in [9.17, 15) is 0 Å². The Morgan fingerprint density at radius 3 is 2.27 bits per heavy atom. The molecular formula is C13H28N2. The minimum Gasteiger partial charge on any atom is -0.317 e. The zero-order valence-corrected chi connectivity index (χ0v) is 10.7. The van der Waals surface area contributed by atoms with Gasteiger partial charge in [-0.3, -0.25) is 0 Å². The van der Waals surface area contributed by atoms with E-state index in [2.05, 4.69) is 31.4 Å². The van der Waals surface area contributed by atoms with Gasteiger partial charge in [0, 0.05) is 5.54 Å². The Labute approximate surface area is 95.2 Å². The summed E-state index contributed by atoms with van der Waals surface area (Å²) in [6, 6.07) is 0. The molecule has 1 aliphatic carbocycles. The number of nitrogens with one attached hydrogen (secondary N) is 2. The van der Waals surface area contributed by atoms with E-state index < -0.39 is 0 Å². The topological polar surface area (TPSA) is 24.1 Å². The van der Waals surface area contributed by atoms with E-state index >= 15 is 0 Å². The summed E-state index contributed by atoms with van der Waals surface area (Å²) in [5, 5.41) is 7.02. The molecule has 0 atom stereocenters. The maximum absolute atomic E-state index is 3.51. The van der Waals surface area contributed by atoms with Crippen molar-refractivity contribution in [3.63, 3.8) is 0 Å². The van der Waals surface area contributed by atoms with Crippen LogP contribution in [0.25, 0.3) is 0 Å². The van der Waals surface area contributed by atoms with E-state index in [1.54, 1.807) is 0 Å². The lowest BCUT2D eigenvalue weighted by molar-refractivity contribution is 0.418. The molecule has 2 nitrogen and oxygen atoms in total. The fraction of sp³-hybridized carbons (Fsp3) is 1.00. The van der Waals surface area contributed by atoms with Crippen molar-refractivity contribution >= 4 is 0 Å². The van der Waals surface area contributed by atoms with Crippen molar-refractivity contribution in [2.45, 2.75) is 58.4 Å². The zero-order valence-electron chi connectivity index (χ0n) is 10.7. The van der Waals surface area contributed by atoms with Gasteiger partial charge in [-0.1, -0.05) is 12.8 Å². The number of hydrogen-bond acceptors (Lipinski definition) is 2. The molecule has 2 N–H and O–H groups in total. The first kappa shape index (κ1) is 13.0.